The number of thioether (sulfide) groups is 1. The van der Waals surface area contributed by atoms with Crippen LogP contribution in [0.15, 0.2) is 25.4 Å². The van der Waals surface area contributed by atoms with E-state index >= 15 is 0 Å². The maximum atomic E-state index is 5.62. The number of aromatic nitrogens is 1. The number of rotatable bonds is 3. The van der Waals surface area contributed by atoms with Crippen molar-refractivity contribution < 1.29 is 4.42 Å². The first-order valence-electron chi connectivity index (χ1n) is 4.25. The van der Waals surface area contributed by atoms with Crippen molar-refractivity contribution >= 4 is 44.2 Å². The SMILES string of the molecule is Cc1nc(N)sc1SCc1ccc(Br)o1. The van der Waals surface area contributed by atoms with Gasteiger partial charge in [-0.2, -0.15) is 0 Å². The minimum absolute atomic E-state index is 0.621. The van der Waals surface area contributed by atoms with Crippen LogP contribution in [0.1, 0.15) is 11.5 Å². The van der Waals surface area contributed by atoms with E-state index < -0.39 is 0 Å². The molecule has 2 aromatic rings. The van der Waals surface area contributed by atoms with Crippen LogP contribution in [-0.4, -0.2) is 4.98 Å². The van der Waals surface area contributed by atoms with E-state index in [0.717, 1.165) is 26.1 Å². The van der Waals surface area contributed by atoms with Gasteiger partial charge < -0.3 is 10.2 Å². The van der Waals surface area contributed by atoms with Gasteiger partial charge in [0, 0.05) is 0 Å². The molecule has 0 fully saturated rings. The Morgan fingerprint density at radius 2 is 2.40 bits per heavy atom. The van der Waals surface area contributed by atoms with Gasteiger partial charge >= 0.3 is 0 Å². The van der Waals surface area contributed by atoms with Crippen LogP contribution in [0.3, 0.4) is 0 Å². The predicted molar refractivity (Wildman–Crippen MR) is 67.2 cm³/mol. The summed E-state index contributed by atoms with van der Waals surface area (Å²) in [5.74, 6) is 1.74. The van der Waals surface area contributed by atoms with Crippen molar-refractivity contribution in [2.24, 2.45) is 0 Å². The topological polar surface area (TPSA) is 52.0 Å². The summed E-state index contributed by atoms with van der Waals surface area (Å²) < 4.78 is 7.32. The minimum atomic E-state index is 0.621. The molecular weight excluding hydrogens is 296 g/mol. The van der Waals surface area contributed by atoms with Gasteiger partial charge in [0.2, 0.25) is 0 Å². The summed E-state index contributed by atoms with van der Waals surface area (Å²) in [6.45, 7) is 1.97. The van der Waals surface area contributed by atoms with Gasteiger partial charge in [-0.3, -0.25) is 0 Å². The predicted octanol–water partition coefficient (Wildman–Crippen LogP) is 3.68. The lowest BCUT2D eigenvalue weighted by atomic mass is 10.5. The third kappa shape index (κ3) is 2.76. The third-order valence-electron chi connectivity index (χ3n) is 1.74. The first-order chi connectivity index (χ1) is 7.15. The summed E-state index contributed by atoms with van der Waals surface area (Å²) in [7, 11) is 0. The number of halogens is 1. The molecule has 2 aromatic heterocycles. The van der Waals surface area contributed by atoms with Crippen LogP contribution in [0.5, 0.6) is 0 Å². The molecule has 0 spiro atoms. The molecule has 0 aliphatic rings. The Morgan fingerprint density at radius 3 is 2.93 bits per heavy atom. The van der Waals surface area contributed by atoms with Crippen molar-refractivity contribution in [3.05, 3.63) is 28.3 Å². The highest BCUT2D eigenvalue weighted by molar-refractivity contribution is 9.10. The van der Waals surface area contributed by atoms with Gasteiger partial charge in [-0.25, -0.2) is 4.98 Å². The maximum absolute atomic E-state index is 5.62. The largest absolute Gasteiger partial charge is 0.453 e. The number of aryl methyl sites for hydroxylation is 1. The van der Waals surface area contributed by atoms with Gasteiger partial charge in [-0.1, -0.05) is 11.3 Å². The number of thiazole rings is 1. The Hall–Kier alpha value is -0.460. The molecule has 6 heteroatoms. The molecule has 3 nitrogen and oxygen atoms in total. The van der Waals surface area contributed by atoms with Crippen molar-refractivity contribution in [3.8, 4) is 0 Å². The Kier molecular flexibility index (Phi) is 3.38. The average molecular weight is 305 g/mol. The molecule has 2 N–H and O–H groups in total. The Morgan fingerprint density at radius 1 is 1.60 bits per heavy atom. The fourth-order valence-corrected chi connectivity index (χ4v) is 3.36. The van der Waals surface area contributed by atoms with E-state index in [1.165, 1.54) is 11.3 Å². The standard InChI is InChI=1S/C9H9BrN2OS2/c1-5-8(15-9(11)12-5)14-4-6-2-3-7(10)13-6/h2-3H,4H2,1H3,(H2,11,12). The van der Waals surface area contributed by atoms with Crippen LogP contribution in [0.4, 0.5) is 5.13 Å². The molecule has 2 heterocycles. The summed E-state index contributed by atoms with van der Waals surface area (Å²) >= 11 is 6.48. The van der Waals surface area contributed by atoms with E-state index in [2.05, 4.69) is 20.9 Å². The lowest BCUT2D eigenvalue weighted by Gasteiger charge is -1.95. The molecular formula is C9H9BrN2OS2. The highest BCUT2D eigenvalue weighted by Gasteiger charge is 2.07. The van der Waals surface area contributed by atoms with Crippen molar-refractivity contribution in [3.63, 3.8) is 0 Å². The quantitative estimate of drug-likeness (QED) is 0.879. The van der Waals surface area contributed by atoms with Crippen LogP contribution >= 0.6 is 39.0 Å². The molecule has 0 radical (unpaired) electrons. The Bertz CT molecular complexity index is 466. The van der Waals surface area contributed by atoms with Crippen LogP contribution in [0.2, 0.25) is 0 Å². The van der Waals surface area contributed by atoms with E-state index in [9.17, 15) is 0 Å². The van der Waals surface area contributed by atoms with Crippen molar-refractivity contribution in [2.75, 3.05) is 5.73 Å². The summed E-state index contributed by atoms with van der Waals surface area (Å²) in [6.07, 6.45) is 0. The zero-order chi connectivity index (χ0) is 10.8. The zero-order valence-corrected chi connectivity index (χ0v) is 11.2. The Labute approximate surface area is 104 Å². The molecule has 0 saturated heterocycles. The molecule has 80 valence electrons. The third-order valence-corrected chi connectivity index (χ3v) is 4.54. The monoisotopic (exact) mass is 304 g/mol. The van der Waals surface area contributed by atoms with Gasteiger partial charge in [-0.05, 0) is 35.0 Å². The molecule has 0 aromatic carbocycles. The molecule has 0 saturated carbocycles. The van der Waals surface area contributed by atoms with E-state index in [1.807, 2.05) is 19.1 Å². The summed E-state index contributed by atoms with van der Waals surface area (Å²) in [4.78, 5) is 4.16. The zero-order valence-electron chi connectivity index (χ0n) is 7.99. The molecule has 0 aliphatic heterocycles. The molecule has 0 atom stereocenters. The van der Waals surface area contributed by atoms with Crippen molar-refractivity contribution in [1.29, 1.82) is 0 Å². The minimum Gasteiger partial charge on any atom is -0.453 e. The number of nitrogens with two attached hydrogens (primary N) is 1. The van der Waals surface area contributed by atoms with Crippen LogP contribution in [-0.2, 0) is 5.75 Å². The Balaban J connectivity index is 2.01. The van der Waals surface area contributed by atoms with Gasteiger partial charge in [0.05, 0.1) is 15.7 Å². The summed E-state index contributed by atoms with van der Waals surface area (Å²) in [6, 6.07) is 3.85. The van der Waals surface area contributed by atoms with E-state index in [1.54, 1.807) is 11.8 Å². The smallest absolute Gasteiger partial charge is 0.181 e. The van der Waals surface area contributed by atoms with Crippen LogP contribution in [0.25, 0.3) is 0 Å². The molecule has 0 aliphatic carbocycles. The second-order valence-electron chi connectivity index (χ2n) is 2.92. The lowest BCUT2D eigenvalue weighted by Crippen LogP contribution is -1.80. The van der Waals surface area contributed by atoms with E-state index in [0.29, 0.717) is 5.13 Å². The summed E-state index contributed by atoms with van der Waals surface area (Å²) in [5, 5.41) is 0.621. The second-order valence-corrected chi connectivity index (χ2v) is 5.98. The van der Waals surface area contributed by atoms with Gasteiger partial charge in [0.15, 0.2) is 9.80 Å². The number of hydrogen-bond donors (Lipinski definition) is 1. The number of nitrogens with zero attached hydrogens (tertiary/aromatic N) is 1. The van der Waals surface area contributed by atoms with Crippen LogP contribution in [0, 0.1) is 6.92 Å². The first-order valence-corrected chi connectivity index (χ1v) is 6.84. The van der Waals surface area contributed by atoms with Gasteiger partial charge in [-0.15, -0.1) is 11.8 Å². The van der Waals surface area contributed by atoms with Gasteiger partial charge in [0.1, 0.15) is 5.76 Å². The fraction of sp³-hybridized carbons (Fsp3) is 0.222. The maximum Gasteiger partial charge on any atom is 0.181 e. The molecule has 0 unspecified atom stereocenters. The molecule has 2 rings (SSSR count). The van der Waals surface area contributed by atoms with Crippen molar-refractivity contribution in [2.45, 2.75) is 16.9 Å². The number of anilines is 1. The first kappa shape index (κ1) is 11.0. The average Bonchev–Trinajstić information content (AvgIpc) is 2.70. The lowest BCUT2D eigenvalue weighted by molar-refractivity contribution is 0.507. The molecule has 0 amide bonds. The number of furan rings is 1. The fourth-order valence-electron chi connectivity index (χ4n) is 1.10. The van der Waals surface area contributed by atoms with Crippen LogP contribution < -0.4 is 5.73 Å². The number of nitrogen functional groups attached to an aromatic ring is 1. The van der Waals surface area contributed by atoms with E-state index in [-0.39, 0.29) is 0 Å². The molecule has 15 heavy (non-hydrogen) atoms. The van der Waals surface area contributed by atoms with Gasteiger partial charge in [0.25, 0.3) is 0 Å². The molecule has 0 bridgehead atoms. The second kappa shape index (κ2) is 4.59. The van der Waals surface area contributed by atoms with E-state index in [4.69, 9.17) is 10.2 Å². The number of hydrogen-bond acceptors (Lipinski definition) is 5. The summed E-state index contributed by atoms with van der Waals surface area (Å²) in [5.41, 5.74) is 6.61. The highest BCUT2D eigenvalue weighted by Crippen LogP contribution is 2.33. The van der Waals surface area contributed by atoms with Crippen molar-refractivity contribution in [1.82, 2.24) is 4.98 Å². The normalized spacial score (nSPS) is 10.8. The highest BCUT2D eigenvalue weighted by atomic mass is 79.9.